The van der Waals surface area contributed by atoms with Gasteiger partial charge in [-0.25, -0.2) is 0 Å². The van der Waals surface area contributed by atoms with Crippen molar-refractivity contribution in [3.63, 3.8) is 0 Å². The first-order valence-corrected chi connectivity index (χ1v) is 24.3. The van der Waals surface area contributed by atoms with E-state index in [1.165, 1.54) is 154 Å². The summed E-state index contributed by atoms with van der Waals surface area (Å²) in [6.45, 7) is 4.61. The number of aliphatic hydroxyl groups is 1. The number of carbonyl (C=O) groups is 1. The van der Waals surface area contributed by atoms with E-state index in [-0.39, 0.29) is 19.1 Å². The number of phosphoric acid groups is 1. The van der Waals surface area contributed by atoms with Crippen LogP contribution in [0.1, 0.15) is 226 Å². The molecule has 0 aliphatic heterocycles. The smallest absolute Gasteiger partial charge is 0.268 e. The summed E-state index contributed by atoms with van der Waals surface area (Å²) in [6, 6.07) is -0.790. The average molecular weight is 775 g/mol. The van der Waals surface area contributed by atoms with Gasteiger partial charge < -0.3 is 28.8 Å². The quantitative estimate of drug-likeness (QED) is 0.0363. The van der Waals surface area contributed by atoms with E-state index >= 15 is 0 Å². The molecule has 9 heteroatoms. The summed E-state index contributed by atoms with van der Waals surface area (Å²) in [4.78, 5) is 25.0. The third-order valence-electron chi connectivity index (χ3n) is 10.6. The molecule has 0 aromatic rings. The van der Waals surface area contributed by atoms with Crippen LogP contribution in [-0.4, -0.2) is 68.5 Å². The Morgan fingerprint density at radius 1 is 0.585 bits per heavy atom. The normalized spacial score (nSPS) is 14.3. The number of nitrogens with one attached hydrogen (secondary N) is 1. The lowest BCUT2D eigenvalue weighted by Gasteiger charge is -2.30. The molecule has 0 radical (unpaired) electrons. The van der Waals surface area contributed by atoms with E-state index < -0.39 is 20.0 Å². The van der Waals surface area contributed by atoms with Gasteiger partial charge in [-0.2, -0.15) is 0 Å². The largest absolute Gasteiger partial charge is 0.756 e. The Morgan fingerprint density at radius 3 is 1.28 bits per heavy atom. The number of carbonyl (C=O) groups excluding carboxylic acids is 1. The zero-order valence-corrected chi connectivity index (χ0v) is 36.9. The maximum Gasteiger partial charge on any atom is 0.268 e. The molecule has 0 aromatic heterocycles. The molecule has 0 aliphatic rings. The third-order valence-corrected chi connectivity index (χ3v) is 11.6. The van der Waals surface area contributed by atoms with Crippen LogP contribution in [-0.2, 0) is 18.4 Å². The van der Waals surface area contributed by atoms with Gasteiger partial charge in [0.25, 0.3) is 7.82 Å². The highest BCUT2D eigenvalue weighted by Crippen LogP contribution is 2.38. The minimum atomic E-state index is -4.54. The van der Waals surface area contributed by atoms with Gasteiger partial charge >= 0.3 is 0 Å². The first-order valence-electron chi connectivity index (χ1n) is 22.9. The van der Waals surface area contributed by atoms with Crippen molar-refractivity contribution in [2.45, 2.75) is 238 Å². The Balaban J connectivity index is 3.81. The van der Waals surface area contributed by atoms with Gasteiger partial charge in [0.2, 0.25) is 5.91 Å². The number of unbranched alkanes of at least 4 members (excludes halogenated alkanes) is 29. The van der Waals surface area contributed by atoms with E-state index in [1.807, 2.05) is 21.1 Å². The predicted molar refractivity (Wildman–Crippen MR) is 224 cm³/mol. The molecule has 0 spiro atoms. The van der Waals surface area contributed by atoms with Gasteiger partial charge in [-0.1, -0.05) is 206 Å². The molecule has 0 saturated carbocycles. The van der Waals surface area contributed by atoms with Crippen LogP contribution in [0.25, 0.3) is 0 Å². The highest BCUT2D eigenvalue weighted by molar-refractivity contribution is 7.45. The molecule has 318 valence electrons. The Hall–Kier alpha value is -0.500. The molecular weight excluding hydrogens is 683 g/mol. The molecule has 0 rings (SSSR count). The molecule has 0 saturated heterocycles. The number of quaternary nitrogens is 1. The maximum atomic E-state index is 12.7. The number of aliphatic hydroxyl groups excluding tert-OH is 1. The topological polar surface area (TPSA) is 108 Å². The van der Waals surface area contributed by atoms with E-state index in [9.17, 15) is 19.4 Å². The lowest BCUT2D eigenvalue weighted by Crippen LogP contribution is -2.46. The van der Waals surface area contributed by atoms with Gasteiger partial charge in [-0.15, -0.1) is 0 Å². The van der Waals surface area contributed by atoms with Crippen LogP contribution in [0.4, 0.5) is 0 Å². The van der Waals surface area contributed by atoms with Gasteiger partial charge in [-0.05, 0) is 12.8 Å². The zero-order valence-electron chi connectivity index (χ0n) is 36.0. The molecule has 0 aliphatic carbocycles. The van der Waals surface area contributed by atoms with Crippen LogP contribution >= 0.6 is 7.82 Å². The third kappa shape index (κ3) is 39.5. The van der Waals surface area contributed by atoms with Gasteiger partial charge in [0, 0.05) is 6.42 Å². The van der Waals surface area contributed by atoms with E-state index in [2.05, 4.69) is 19.2 Å². The fraction of sp³-hybridized carbons (Fsp3) is 0.977. The van der Waals surface area contributed by atoms with E-state index in [0.29, 0.717) is 23.9 Å². The highest BCUT2D eigenvalue weighted by Gasteiger charge is 2.24. The number of nitrogens with zero attached hydrogens (tertiary/aromatic N) is 1. The molecule has 0 bridgehead atoms. The molecule has 0 aromatic carbocycles. The van der Waals surface area contributed by atoms with Crippen LogP contribution < -0.4 is 10.2 Å². The number of hydrogen-bond donors (Lipinski definition) is 2. The number of phosphoric ester groups is 1. The Labute approximate surface area is 329 Å². The summed E-state index contributed by atoms with van der Waals surface area (Å²) in [5.74, 6) is -0.169. The molecule has 0 fully saturated rings. The standard InChI is InChI=1S/C44H91N2O6P/c1-6-8-10-12-13-14-15-16-17-18-19-20-21-22-23-24-25-26-27-28-29-30-31-32-33-34-36-38-44(48)45-42(43(47)37-35-11-9-7-2)41-52-53(49,50)51-40-39-46(3,4)5/h42-43,47H,6-41H2,1-5H3,(H-,45,48,49,50). The predicted octanol–water partition coefficient (Wildman–Crippen LogP) is 12.0. The van der Waals surface area contributed by atoms with Gasteiger partial charge in [0.05, 0.1) is 39.9 Å². The first-order chi connectivity index (χ1) is 25.5. The van der Waals surface area contributed by atoms with Crippen molar-refractivity contribution in [1.82, 2.24) is 5.32 Å². The van der Waals surface area contributed by atoms with Gasteiger partial charge in [0.15, 0.2) is 0 Å². The summed E-state index contributed by atoms with van der Waals surface area (Å²) in [6.07, 6.45) is 40.5. The van der Waals surface area contributed by atoms with Gasteiger partial charge in [-0.3, -0.25) is 9.36 Å². The Morgan fingerprint density at radius 2 is 0.925 bits per heavy atom. The van der Waals surface area contributed by atoms with Crippen LogP contribution in [0.15, 0.2) is 0 Å². The molecule has 2 N–H and O–H groups in total. The van der Waals surface area contributed by atoms with Crippen molar-refractivity contribution >= 4 is 13.7 Å². The van der Waals surface area contributed by atoms with Crippen LogP contribution in [0.3, 0.4) is 0 Å². The molecule has 3 atom stereocenters. The van der Waals surface area contributed by atoms with Crippen LogP contribution in [0.5, 0.6) is 0 Å². The second-order valence-corrected chi connectivity index (χ2v) is 18.5. The fourth-order valence-corrected chi connectivity index (χ4v) is 7.65. The van der Waals surface area contributed by atoms with E-state index in [4.69, 9.17) is 9.05 Å². The van der Waals surface area contributed by atoms with Crippen molar-refractivity contribution in [2.75, 3.05) is 40.9 Å². The highest BCUT2D eigenvalue weighted by atomic mass is 31.2. The number of hydrogen-bond acceptors (Lipinski definition) is 6. The molecular formula is C44H91N2O6P. The van der Waals surface area contributed by atoms with Crippen molar-refractivity contribution in [3.8, 4) is 0 Å². The zero-order chi connectivity index (χ0) is 39.3. The SMILES string of the molecule is CCCCCCCCCCCCCCCCCCCCCCCCCCCCCC(=O)NC(COP(=O)([O-])OCC[N+](C)(C)C)C(O)CCCCCC. The molecule has 0 heterocycles. The second kappa shape index (κ2) is 37.1. The molecule has 8 nitrogen and oxygen atoms in total. The van der Waals surface area contributed by atoms with E-state index in [0.717, 1.165) is 44.9 Å². The molecule has 1 amide bonds. The van der Waals surface area contributed by atoms with E-state index in [1.54, 1.807) is 0 Å². The summed E-state index contributed by atoms with van der Waals surface area (Å²) in [5.41, 5.74) is 0. The van der Waals surface area contributed by atoms with Crippen LogP contribution in [0.2, 0.25) is 0 Å². The minimum absolute atomic E-state index is 0.0144. The van der Waals surface area contributed by atoms with Gasteiger partial charge in [0.1, 0.15) is 13.2 Å². The second-order valence-electron chi connectivity index (χ2n) is 17.1. The number of rotatable bonds is 42. The summed E-state index contributed by atoms with van der Waals surface area (Å²) in [5, 5.41) is 13.6. The van der Waals surface area contributed by atoms with Crippen molar-refractivity contribution in [3.05, 3.63) is 0 Å². The Kier molecular flexibility index (Phi) is 36.7. The molecule has 3 unspecified atom stereocenters. The number of amides is 1. The summed E-state index contributed by atoms with van der Waals surface area (Å²) >= 11 is 0. The van der Waals surface area contributed by atoms with Crippen molar-refractivity contribution in [2.24, 2.45) is 0 Å². The first kappa shape index (κ1) is 52.5. The fourth-order valence-electron chi connectivity index (χ4n) is 6.92. The Bertz CT molecular complexity index is 839. The van der Waals surface area contributed by atoms with Crippen molar-refractivity contribution < 1.29 is 32.9 Å². The maximum absolute atomic E-state index is 12.7. The minimum Gasteiger partial charge on any atom is -0.756 e. The summed E-state index contributed by atoms with van der Waals surface area (Å²) < 4.78 is 23.0. The van der Waals surface area contributed by atoms with Crippen molar-refractivity contribution in [1.29, 1.82) is 0 Å². The average Bonchev–Trinajstić information content (AvgIpc) is 3.10. The monoisotopic (exact) mass is 775 g/mol. The summed E-state index contributed by atoms with van der Waals surface area (Å²) in [7, 11) is 1.31. The van der Waals surface area contributed by atoms with Crippen LogP contribution in [0, 0.1) is 0 Å². The molecule has 53 heavy (non-hydrogen) atoms. The lowest BCUT2D eigenvalue weighted by atomic mass is 10.0. The lowest BCUT2D eigenvalue weighted by molar-refractivity contribution is -0.870. The number of likely N-dealkylation sites (N-methyl/N-ethyl adjacent to an activating group) is 1.